The maximum absolute atomic E-state index is 13.0. The summed E-state index contributed by atoms with van der Waals surface area (Å²) in [6, 6.07) is 13.8. The number of hydrogen-bond donors (Lipinski definition) is 2. The predicted molar refractivity (Wildman–Crippen MR) is 82.5 cm³/mol. The van der Waals surface area contributed by atoms with Gasteiger partial charge in [0.25, 0.3) is 0 Å². The van der Waals surface area contributed by atoms with Crippen LogP contribution in [0.4, 0.5) is 10.1 Å². The van der Waals surface area contributed by atoms with Crippen LogP contribution in [0.15, 0.2) is 48.5 Å². The minimum atomic E-state index is -0.252. The molecule has 0 aliphatic rings. The average Bonchev–Trinajstić information content (AvgIpc) is 2.46. The summed E-state index contributed by atoms with van der Waals surface area (Å²) in [6.45, 7) is 0.472. The molecule has 5 heteroatoms. The molecule has 0 fully saturated rings. The van der Waals surface area contributed by atoms with Crippen LogP contribution in [0.1, 0.15) is 5.56 Å². The van der Waals surface area contributed by atoms with Crippen LogP contribution in [0, 0.1) is 5.82 Å². The highest BCUT2D eigenvalue weighted by molar-refractivity contribution is 7.80. The predicted octanol–water partition coefficient (Wildman–Crippen LogP) is 3.32. The van der Waals surface area contributed by atoms with Crippen LogP contribution in [-0.2, 0) is 6.54 Å². The second kappa shape index (κ2) is 6.86. The Kier molecular flexibility index (Phi) is 4.90. The van der Waals surface area contributed by atoms with E-state index in [0.717, 1.165) is 17.0 Å². The zero-order valence-electron chi connectivity index (χ0n) is 11.0. The summed E-state index contributed by atoms with van der Waals surface area (Å²) >= 11 is 5.18. The van der Waals surface area contributed by atoms with E-state index in [-0.39, 0.29) is 5.82 Å². The van der Waals surface area contributed by atoms with Gasteiger partial charge in [-0.25, -0.2) is 4.39 Å². The number of hydrogen-bond acceptors (Lipinski definition) is 2. The second-order valence-electron chi connectivity index (χ2n) is 4.17. The number of methoxy groups -OCH3 is 1. The van der Waals surface area contributed by atoms with Crippen molar-refractivity contribution < 1.29 is 9.13 Å². The summed E-state index contributed by atoms with van der Waals surface area (Å²) in [5, 5.41) is 6.56. The maximum Gasteiger partial charge on any atom is 0.171 e. The number of anilines is 1. The molecule has 2 aromatic rings. The Morgan fingerprint density at radius 1 is 1.20 bits per heavy atom. The van der Waals surface area contributed by atoms with Crippen molar-refractivity contribution >= 4 is 23.0 Å². The van der Waals surface area contributed by atoms with Gasteiger partial charge in [0, 0.05) is 12.2 Å². The third-order valence-corrected chi connectivity index (χ3v) is 2.94. The fraction of sp³-hybridized carbons (Fsp3) is 0.133. The molecule has 0 heterocycles. The first-order chi connectivity index (χ1) is 9.67. The molecule has 0 radical (unpaired) electrons. The first kappa shape index (κ1) is 14.3. The number of nitrogens with one attached hydrogen (secondary N) is 2. The maximum atomic E-state index is 13.0. The lowest BCUT2D eigenvalue weighted by molar-refractivity contribution is 0.415. The molecule has 0 atom stereocenters. The van der Waals surface area contributed by atoms with Gasteiger partial charge in [-0.1, -0.05) is 12.1 Å². The van der Waals surface area contributed by atoms with E-state index in [1.165, 1.54) is 12.1 Å². The molecule has 0 saturated heterocycles. The minimum Gasteiger partial charge on any atom is -0.497 e. The zero-order valence-corrected chi connectivity index (χ0v) is 11.8. The Morgan fingerprint density at radius 3 is 2.60 bits per heavy atom. The van der Waals surface area contributed by atoms with Gasteiger partial charge in [0.05, 0.1) is 7.11 Å². The van der Waals surface area contributed by atoms with Gasteiger partial charge in [0.15, 0.2) is 5.11 Å². The fourth-order valence-electron chi connectivity index (χ4n) is 1.68. The first-order valence-electron chi connectivity index (χ1n) is 6.11. The van der Waals surface area contributed by atoms with Gasteiger partial charge >= 0.3 is 0 Å². The summed E-state index contributed by atoms with van der Waals surface area (Å²) in [7, 11) is 1.62. The highest BCUT2D eigenvalue weighted by atomic mass is 32.1. The van der Waals surface area contributed by atoms with E-state index in [0.29, 0.717) is 11.7 Å². The van der Waals surface area contributed by atoms with Crippen LogP contribution in [0.3, 0.4) is 0 Å². The molecule has 0 bridgehead atoms. The summed E-state index contributed by atoms with van der Waals surface area (Å²) in [6.07, 6.45) is 0. The van der Waals surface area contributed by atoms with Crippen LogP contribution in [-0.4, -0.2) is 12.2 Å². The zero-order chi connectivity index (χ0) is 14.4. The molecule has 2 N–H and O–H groups in total. The molecule has 104 valence electrons. The molecule has 20 heavy (non-hydrogen) atoms. The van der Waals surface area contributed by atoms with Crippen molar-refractivity contribution in [3.05, 3.63) is 59.9 Å². The van der Waals surface area contributed by atoms with Crippen molar-refractivity contribution in [1.29, 1.82) is 0 Å². The highest BCUT2D eigenvalue weighted by Crippen LogP contribution is 2.14. The minimum absolute atomic E-state index is 0.252. The third kappa shape index (κ3) is 4.20. The van der Waals surface area contributed by atoms with Crippen LogP contribution in [0.2, 0.25) is 0 Å². The van der Waals surface area contributed by atoms with Crippen molar-refractivity contribution in [2.75, 3.05) is 12.4 Å². The molecule has 0 aromatic heterocycles. The Hall–Kier alpha value is -2.14. The van der Waals surface area contributed by atoms with Crippen LogP contribution in [0.25, 0.3) is 0 Å². The molecule has 2 aromatic carbocycles. The van der Waals surface area contributed by atoms with Gasteiger partial charge in [0.2, 0.25) is 0 Å². The van der Waals surface area contributed by atoms with Crippen LogP contribution >= 0.6 is 12.2 Å². The van der Waals surface area contributed by atoms with Gasteiger partial charge < -0.3 is 15.4 Å². The van der Waals surface area contributed by atoms with E-state index in [1.807, 2.05) is 30.3 Å². The number of ether oxygens (including phenoxy) is 1. The fourth-order valence-corrected chi connectivity index (χ4v) is 1.87. The summed E-state index contributed by atoms with van der Waals surface area (Å²) in [4.78, 5) is 0. The average molecular weight is 290 g/mol. The SMILES string of the molecule is COc1ccc(NC(=S)NCc2cccc(F)c2)cc1. The summed E-state index contributed by atoms with van der Waals surface area (Å²) < 4.78 is 18.1. The van der Waals surface area contributed by atoms with Crippen molar-refractivity contribution in [2.24, 2.45) is 0 Å². The van der Waals surface area contributed by atoms with Gasteiger partial charge in [0.1, 0.15) is 11.6 Å². The van der Waals surface area contributed by atoms with Gasteiger partial charge in [-0.05, 0) is 54.2 Å². The number of benzene rings is 2. The smallest absolute Gasteiger partial charge is 0.171 e. The standard InChI is InChI=1S/C15H15FN2OS/c1-19-14-7-5-13(6-8-14)18-15(20)17-10-11-3-2-4-12(16)9-11/h2-9H,10H2,1H3,(H2,17,18,20). The molecule has 0 saturated carbocycles. The second-order valence-corrected chi connectivity index (χ2v) is 4.57. The van der Waals surface area contributed by atoms with Crippen molar-refractivity contribution in [3.8, 4) is 5.75 Å². The number of rotatable bonds is 4. The molecule has 3 nitrogen and oxygen atoms in total. The van der Waals surface area contributed by atoms with Gasteiger partial charge in [-0.2, -0.15) is 0 Å². The number of halogens is 1. The largest absolute Gasteiger partial charge is 0.497 e. The first-order valence-corrected chi connectivity index (χ1v) is 6.51. The van der Waals surface area contributed by atoms with E-state index in [4.69, 9.17) is 17.0 Å². The molecular formula is C15H15FN2OS. The van der Waals surface area contributed by atoms with Crippen LogP contribution in [0.5, 0.6) is 5.75 Å². The molecule has 0 spiro atoms. The molecule has 0 aliphatic carbocycles. The number of thiocarbonyl (C=S) groups is 1. The van der Waals surface area contributed by atoms with E-state index >= 15 is 0 Å². The molecule has 0 unspecified atom stereocenters. The van der Waals surface area contributed by atoms with Crippen molar-refractivity contribution in [3.63, 3.8) is 0 Å². The Labute approximate surface area is 122 Å². The lowest BCUT2D eigenvalue weighted by atomic mass is 10.2. The Balaban J connectivity index is 1.85. The lowest BCUT2D eigenvalue weighted by Crippen LogP contribution is -2.27. The van der Waals surface area contributed by atoms with E-state index in [2.05, 4.69) is 10.6 Å². The lowest BCUT2D eigenvalue weighted by Gasteiger charge is -2.11. The summed E-state index contributed by atoms with van der Waals surface area (Å²) in [5.41, 5.74) is 1.70. The summed E-state index contributed by atoms with van der Waals surface area (Å²) in [5.74, 6) is 0.535. The van der Waals surface area contributed by atoms with Gasteiger partial charge in [-0.15, -0.1) is 0 Å². The molecular weight excluding hydrogens is 275 g/mol. The normalized spacial score (nSPS) is 9.90. The van der Waals surface area contributed by atoms with Crippen molar-refractivity contribution in [2.45, 2.75) is 6.54 Å². The highest BCUT2D eigenvalue weighted by Gasteiger charge is 1.99. The van der Waals surface area contributed by atoms with Crippen molar-refractivity contribution in [1.82, 2.24) is 5.32 Å². The molecule has 2 rings (SSSR count). The van der Waals surface area contributed by atoms with E-state index in [9.17, 15) is 4.39 Å². The van der Waals surface area contributed by atoms with E-state index < -0.39 is 0 Å². The Morgan fingerprint density at radius 2 is 1.95 bits per heavy atom. The molecule has 0 aliphatic heterocycles. The molecule has 0 amide bonds. The van der Waals surface area contributed by atoms with Crippen LogP contribution < -0.4 is 15.4 Å². The quantitative estimate of drug-likeness (QED) is 0.846. The Bertz CT molecular complexity index is 587. The monoisotopic (exact) mass is 290 g/mol. The van der Waals surface area contributed by atoms with E-state index in [1.54, 1.807) is 13.2 Å². The third-order valence-electron chi connectivity index (χ3n) is 2.69. The topological polar surface area (TPSA) is 33.3 Å². The van der Waals surface area contributed by atoms with Gasteiger partial charge in [-0.3, -0.25) is 0 Å².